The van der Waals surface area contributed by atoms with Crippen molar-refractivity contribution >= 4 is 21.4 Å². The Balaban J connectivity index is 1.52. The number of anilines is 1. The Morgan fingerprint density at radius 1 is 1.00 bits per heavy atom. The molecule has 0 atom stereocenters. The summed E-state index contributed by atoms with van der Waals surface area (Å²) in [6, 6.07) is 14.6. The molecule has 0 unspecified atom stereocenters. The lowest BCUT2D eigenvalue weighted by molar-refractivity contribution is -0.385. The fourth-order valence-corrected chi connectivity index (χ4v) is 4.33. The van der Waals surface area contributed by atoms with Crippen molar-refractivity contribution in [2.75, 3.05) is 4.72 Å². The molecule has 34 heavy (non-hydrogen) atoms. The van der Waals surface area contributed by atoms with Crippen molar-refractivity contribution in [3.63, 3.8) is 0 Å². The standard InChI is InChI=1S/C22H20N6O5S/c1-14-11-15(2)27(25-14)21-13-22(24-16(3)23-21)33-19-9-7-17(8-10-19)26-34(31,32)20-6-4-5-18(12-20)28(29)30/h4-13,26H,1-3H3. The molecule has 174 valence electrons. The zero-order chi connectivity index (χ0) is 24.5. The molecule has 0 spiro atoms. The van der Waals surface area contributed by atoms with Crippen LogP contribution in [0.15, 0.2) is 65.6 Å². The maximum atomic E-state index is 12.6. The van der Waals surface area contributed by atoms with Crippen LogP contribution < -0.4 is 9.46 Å². The van der Waals surface area contributed by atoms with Crippen LogP contribution in [0.3, 0.4) is 0 Å². The van der Waals surface area contributed by atoms with E-state index >= 15 is 0 Å². The van der Waals surface area contributed by atoms with Gasteiger partial charge in [0.2, 0.25) is 5.88 Å². The van der Waals surface area contributed by atoms with E-state index in [-0.39, 0.29) is 16.3 Å². The second-order valence-electron chi connectivity index (χ2n) is 7.44. The van der Waals surface area contributed by atoms with E-state index in [1.807, 2.05) is 19.9 Å². The third-order valence-electron chi connectivity index (χ3n) is 4.70. The Bertz CT molecular complexity index is 1480. The van der Waals surface area contributed by atoms with Gasteiger partial charge in [0.25, 0.3) is 15.7 Å². The predicted molar refractivity (Wildman–Crippen MR) is 124 cm³/mol. The molecule has 1 N–H and O–H groups in total. The molecule has 4 rings (SSSR count). The number of aromatic nitrogens is 4. The number of nitro groups is 1. The summed E-state index contributed by atoms with van der Waals surface area (Å²) in [7, 11) is -4.01. The zero-order valence-electron chi connectivity index (χ0n) is 18.5. The number of nitro benzene ring substituents is 1. The highest BCUT2D eigenvalue weighted by Crippen LogP contribution is 2.25. The number of benzene rings is 2. The number of hydrogen-bond acceptors (Lipinski definition) is 8. The van der Waals surface area contributed by atoms with E-state index in [0.717, 1.165) is 17.5 Å². The lowest BCUT2D eigenvalue weighted by Gasteiger charge is -2.11. The summed E-state index contributed by atoms with van der Waals surface area (Å²) in [5, 5.41) is 15.4. The largest absolute Gasteiger partial charge is 0.439 e. The van der Waals surface area contributed by atoms with Crippen LogP contribution in [0.5, 0.6) is 11.6 Å². The van der Waals surface area contributed by atoms with E-state index in [1.165, 1.54) is 30.3 Å². The van der Waals surface area contributed by atoms with E-state index in [4.69, 9.17) is 4.74 Å². The highest BCUT2D eigenvalue weighted by atomic mass is 32.2. The van der Waals surface area contributed by atoms with Crippen LogP contribution in [0, 0.1) is 30.9 Å². The van der Waals surface area contributed by atoms with E-state index in [1.54, 1.807) is 29.8 Å². The quantitative estimate of drug-likeness (QED) is 0.308. The molecule has 0 fully saturated rings. The van der Waals surface area contributed by atoms with Gasteiger partial charge < -0.3 is 4.74 Å². The monoisotopic (exact) mass is 480 g/mol. The second-order valence-corrected chi connectivity index (χ2v) is 9.12. The fourth-order valence-electron chi connectivity index (χ4n) is 3.24. The molecule has 2 heterocycles. The molecular weight excluding hydrogens is 460 g/mol. The first-order valence-corrected chi connectivity index (χ1v) is 11.5. The molecule has 4 aromatic rings. The van der Waals surface area contributed by atoms with Gasteiger partial charge in [0, 0.05) is 29.6 Å². The summed E-state index contributed by atoms with van der Waals surface area (Å²) in [5.41, 5.74) is 1.73. The first kappa shape index (κ1) is 22.9. The zero-order valence-corrected chi connectivity index (χ0v) is 19.3. The number of non-ortho nitro benzene ring substituents is 1. The van der Waals surface area contributed by atoms with Gasteiger partial charge >= 0.3 is 0 Å². The van der Waals surface area contributed by atoms with Crippen molar-refractivity contribution in [3.8, 4) is 17.4 Å². The molecule has 0 aliphatic carbocycles. The van der Waals surface area contributed by atoms with Crippen molar-refractivity contribution in [1.82, 2.24) is 19.7 Å². The van der Waals surface area contributed by atoms with Crippen molar-refractivity contribution in [3.05, 3.63) is 88.0 Å². The molecule has 0 amide bonds. The van der Waals surface area contributed by atoms with E-state index in [2.05, 4.69) is 19.8 Å². The smallest absolute Gasteiger partial charge is 0.270 e. The van der Waals surface area contributed by atoms with Crippen LogP contribution in [0.25, 0.3) is 5.82 Å². The summed E-state index contributed by atoms with van der Waals surface area (Å²) in [6.07, 6.45) is 0. The number of ether oxygens (including phenoxy) is 1. The number of nitrogens with zero attached hydrogens (tertiary/aromatic N) is 5. The van der Waals surface area contributed by atoms with Gasteiger partial charge in [-0.2, -0.15) is 10.1 Å². The molecule has 0 radical (unpaired) electrons. The van der Waals surface area contributed by atoms with Gasteiger partial charge in [-0.3, -0.25) is 14.8 Å². The minimum Gasteiger partial charge on any atom is -0.439 e. The van der Waals surface area contributed by atoms with Gasteiger partial charge in [0.05, 0.1) is 15.5 Å². The number of nitrogens with one attached hydrogen (secondary N) is 1. The van der Waals surface area contributed by atoms with Crippen LogP contribution in [0.4, 0.5) is 11.4 Å². The maximum Gasteiger partial charge on any atom is 0.270 e. The van der Waals surface area contributed by atoms with Gasteiger partial charge in [-0.15, -0.1) is 0 Å². The van der Waals surface area contributed by atoms with E-state index in [0.29, 0.717) is 23.3 Å². The fraction of sp³-hybridized carbons (Fsp3) is 0.136. The summed E-state index contributed by atoms with van der Waals surface area (Å²) in [5.74, 6) is 1.80. The van der Waals surface area contributed by atoms with Gasteiger partial charge in [0.15, 0.2) is 5.82 Å². The summed E-state index contributed by atoms with van der Waals surface area (Å²) < 4.78 is 35.1. The minimum absolute atomic E-state index is 0.213. The summed E-state index contributed by atoms with van der Waals surface area (Å²) in [6.45, 7) is 5.56. The molecule has 0 bridgehead atoms. The van der Waals surface area contributed by atoms with E-state index < -0.39 is 14.9 Å². The van der Waals surface area contributed by atoms with Gasteiger partial charge in [-0.05, 0) is 57.2 Å². The van der Waals surface area contributed by atoms with Crippen molar-refractivity contribution in [1.29, 1.82) is 0 Å². The summed E-state index contributed by atoms with van der Waals surface area (Å²) in [4.78, 5) is 18.8. The average molecular weight is 481 g/mol. The topological polar surface area (TPSA) is 142 Å². The molecule has 2 aromatic heterocycles. The summed E-state index contributed by atoms with van der Waals surface area (Å²) >= 11 is 0. The Hall–Kier alpha value is -4.32. The lowest BCUT2D eigenvalue weighted by Crippen LogP contribution is -2.13. The van der Waals surface area contributed by atoms with Gasteiger partial charge in [0.1, 0.15) is 11.6 Å². The number of hydrogen-bond donors (Lipinski definition) is 1. The normalized spacial score (nSPS) is 11.3. The number of rotatable bonds is 7. The highest BCUT2D eigenvalue weighted by Gasteiger charge is 2.18. The first-order valence-electron chi connectivity index (χ1n) is 10.1. The van der Waals surface area contributed by atoms with Gasteiger partial charge in [-0.25, -0.2) is 18.1 Å². The SMILES string of the molecule is Cc1cc(C)n(-c2cc(Oc3ccc(NS(=O)(=O)c4cccc([N+](=O)[O-])c4)cc3)nc(C)n2)n1. The third kappa shape index (κ3) is 5.02. The number of sulfonamides is 1. The van der Waals surface area contributed by atoms with Gasteiger partial charge in [-0.1, -0.05) is 6.07 Å². The molecule has 12 heteroatoms. The Labute approximate surface area is 195 Å². The Morgan fingerprint density at radius 2 is 1.74 bits per heavy atom. The van der Waals surface area contributed by atoms with Crippen molar-refractivity contribution in [2.24, 2.45) is 0 Å². The molecular formula is C22H20N6O5S. The highest BCUT2D eigenvalue weighted by molar-refractivity contribution is 7.92. The second kappa shape index (κ2) is 8.90. The number of aryl methyl sites for hydroxylation is 3. The Morgan fingerprint density at radius 3 is 2.38 bits per heavy atom. The van der Waals surface area contributed by atoms with Crippen LogP contribution in [-0.4, -0.2) is 33.1 Å². The van der Waals surface area contributed by atoms with Crippen LogP contribution >= 0.6 is 0 Å². The Kier molecular flexibility index (Phi) is 5.99. The lowest BCUT2D eigenvalue weighted by atomic mass is 10.3. The predicted octanol–water partition coefficient (Wildman–Crippen LogP) is 4.09. The molecule has 2 aromatic carbocycles. The van der Waals surface area contributed by atoms with E-state index in [9.17, 15) is 18.5 Å². The maximum absolute atomic E-state index is 12.6. The third-order valence-corrected chi connectivity index (χ3v) is 6.07. The molecule has 0 saturated carbocycles. The van der Waals surface area contributed by atoms with Crippen molar-refractivity contribution in [2.45, 2.75) is 25.7 Å². The van der Waals surface area contributed by atoms with Crippen LogP contribution in [0.2, 0.25) is 0 Å². The van der Waals surface area contributed by atoms with Crippen molar-refractivity contribution < 1.29 is 18.1 Å². The average Bonchev–Trinajstić information content (AvgIpc) is 3.12. The first-order chi connectivity index (χ1) is 16.1. The molecule has 0 aliphatic heterocycles. The van der Waals surface area contributed by atoms with Crippen LogP contribution in [-0.2, 0) is 10.0 Å². The molecule has 0 aliphatic rings. The minimum atomic E-state index is -4.01. The molecule has 11 nitrogen and oxygen atoms in total. The molecule has 0 saturated heterocycles. The van der Waals surface area contributed by atoms with Crippen LogP contribution in [0.1, 0.15) is 17.2 Å².